The Morgan fingerprint density at radius 2 is 0.318 bits per heavy atom. The van der Waals surface area contributed by atoms with Gasteiger partial charge in [-0.25, -0.2) is 0 Å². The zero-order valence-electron chi connectivity index (χ0n) is 79.8. The average Bonchev–Trinajstić information content (AvgIpc) is 0.853. The van der Waals surface area contributed by atoms with Crippen molar-refractivity contribution >= 4 is 23.6 Å². The number of carbonyl (C=O) groups excluding carboxylic acids is 4. The molecular weight excluding hydrogens is 1760 g/mol. The second-order valence-corrected chi connectivity index (χ2v) is 27.4. The SMILES string of the molecule is COCCOCCOCCOCCOCCOCCOCCOCCOCCOCCOCCNC(=O)CCOCC(COCCC(=O)NCCOCCOCCOCCOCCOCCOCCOCCOCCOCCOCCOC)(COCCC(=O)NCCOCCOCCOCOCCOCCOCCOCCOCCOCCOCCOC)NC(=O)CCOCCO. The van der Waals surface area contributed by atoms with Gasteiger partial charge in [0.2, 0.25) is 23.6 Å². The van der Waals surface area contributed by atoms with Crippen molar-refractivity contribution in [1.82, 2.24) is 21.3 Å². The van der Waals surface area contributed by atoms with Crippen molar-refractivity contribution in [1.29, 1.82) is 0 Å². The van der Waals surface area contributed by atoms with E-state index in [0.29, 0.717) is 383 Å². The van der Waals surface area contributed by atoms with Crippen LogP contribution in [-0.4, -0.2) is 545 Å². The zero-order valence-corrected chi connectivity index (χ0v) is 79.8. The molecular formula is C86H170N4O42. The van der Waals surface area contributed by atoms with Crippen LogP contribution in [0.3, 0.4) is 0 Å². The maximum Gasteiger partial charge on any atom is 0.222 e. The molecule has 0 saturated carbocycles. The fourth-order valence-electron chi connectivity index (χ4n) is 9.80. The van der Waals surface area contributed by atoms with Gasteiger partial charge in [-0.15, -0.1) is 0 Å². The summed E-state index contributed by atoms with van der Waals surface area (Å²) in [6, 6.07) is 0. The molecule has 0 bridgehead atoms. The number of hydrogen-bond donors (Lipinski definition) is 5. The van der Waals surface area contributed by atoms with Crippen molar-refractivity contribution in [2.24, 2.45) is 0 Å². The molecule has 5 N–H and O–H groups in total. The molecule has 0 aliphatic rings. The molecule has 132 heavy (non-hydrogen) atoms. The van der Waals surface area contributed by atoms with E-state index in [0.717, 1.165) is 0 Å². The molecule has 0 aromatic carbocycles. The minimum atomic E-state index is -1.37. The van der Waals surface area contributed by atoms with Crippen LogP contribution >= 0.6 is 0 Å². The molecule has 0 spiro atoms. The number of ether oxygens (including phenoxy) is 37. The first-order valence-electron chi connectivity index (χ1n) is 46.1. The Kier molecular flexibility index (Phi) is 111. The van der Waals surface area contributed by atoms with E-state index in [-0.39, 0.29) is 149 Å². The Morgan fingerprint density at radius 3 is 0.492 bits per heavy atom. The van der Waals surface area contributed by atoms with Crippen molar-refractivity contribution in [3.05, 3.63) is 0 Å². The van der Waals surface area contributed by atoms with E-state index < -0.39 is 11.4 Å². The summed E-state index contributed by atoms with van der Waals surface area (Å²) in [4.78, 5) is 52.3. The molecule has 0 unspecified atom stereocenters. The van der Waals surface area contributed by atoms with Gasteiger partial charge in [0.05, 0.1) is 462 Å². The maximum atomic E-state index is 13.5. The van der Waals surface area contributed by atoms with E-state index in [1.54, 1.807) is 21.3 Å². The highest BCUT2D eigenvalue weighted by Gasteiger charge is 2.34. The smallest absolute Gasteiger partial charge is 0.222 e. The van der Waals surface area contributed by atoms with Crippen molar-refractivity contribution < 1.29 is 200 Å². The third kappa shape index (κ3) is 108. The lowest BCUT2D eigenvalue weighted by atomic mass is 10.0. The molecule has 0 heterocycles. The molecule has 4 amide bonds. The minimum Gasteiger partial charge on any atom is -0.394 e. The van der Waals surface area contributed by atoms with E-state index in [4.69, 9.17) is 175 Å². The highest BCUT2D eigenvalue weighted by molar-refractivity contribution is 5.77. The molecule has 0 saturated heterocycles. The fourth-order valence-corrected chi connectivity index (χ4v) is 9.80. The molecule has 0 fully saturated rings. The van der Waals surface area contributed by atoms with Crippen molar-refractivity contribution in [2.45, 2.75) is 31.2 Å². The van der Waals surface area contributed by atoms with Gasteiger partial charge >= 0.3 is 0 Å². The van der Waals surface area contributed by atoms with Gasteiger partial charge in [0, 0.05) is 66.6 Å². The molecule has 0 rings (SSSR count). The molecule has 786 valence electrons. The summed E-state index contributed by atoms with van der Waals surface area (Å²) in [6.07, 6.45) is -0.206. The summed E-state index contributed by atoms with van der Waals surface area (Å²) in [7, 11) is 4.90. The monoisotopic (exact) mass is 1930 g/mol. The average molecular weight is 1930 g/mol. The number of nitrogens with one attached hydrogen (secondary N) is 4. The van der Waals surface area contributed by atoms with Gasteiger partial charge in [0.15, 0.2) is 0 Å². The van der Waals surface area contributed by atoms with Gasteiger partial charge in [-0.05, 0) is 0 Å². The molecule has 0 aromatic rings. The van der Waals surface area contributed by atoms with Crippen LogP contribution in [0.15, 0.2) is 0 Å². The second kappa shape index (κ2) is 114. The highest BCUT2D eigenvalue weighted by Crippen LogP contribution is 2.12. The summed E-state index contributed by atoms with van der Waals surface area (Å²) in [5, 5.41) is 20.6. The number of rotatable bonds is 119. The lowest BCUT2D eigenvalue weighted by Crippen LogP contribution is -2.59. The van der Waals surface area contributed by atoms with Crippen LogP contribution in [0.4, 0.5) is 0 Å². The molecule has 46 heteroatoms. The van der Waals surface area contributed by atoms with Crippen LogP contribution in [0.2, 0.25) is 0 Å². The van der Waals surface area contributed by atoms with Gasteiger partial charge in [-0.1, -0.05) is 0 Å². The number of carbonyl (C=O) groups is 4. The van der Waals surface area contributed by atoms with Crippen LogP contribution in [-0.2, 0) is 194 Å². The van der Waals surface area contributed by atoms with Crippen molar-refractivity contribution in [2.75, 3.05) is 510 Å². The number of hydrogen-bond acceptors (Lipinski definition) is 42. The number of amides is 4. The van der Waals surface area contributed by atoms with E-state index in [9.17, 15) is 24.3 Å². The quantitative estimate of drug-likeness (QED) is 0.0331. The summed E-state index contributed by atoms with van der Waals surface area (Å²) in [5.74, 6) is -1.38. The Balaban J connectivity index is 4.71. The van der Waals surface area contributed by atoms with Crippen molar-refractivity contribution in [3.8, 4) is 0 Å². The molecule has 0 aliphatic carbocycles. The van der Waals surface area contributed by atoms with E-state index in [1.165, 1.54) is 0 Å². The first kappa shape index (κ1) is 128. The lowest BCUT2D eigenvalue weighted by molar-refractivity contribution is -0.131. The first-order valence-corrected chi connectivity index (χ1v) is 46.1. The molecule has 0 aromatic heterocycles. The Labute approximate surface area is 783 Å². The minimum absolute atomic E-state index is 0.000609. The fraction of sp³-hybridized carbons (Fsp3) is 0.953. The summed E-state index contributed by atoms with van der Waals surface area (Å²) in [5.41, 5.74) is -1.37. The second-order valence-electron chi connectivity index (χ2n) is 27.4. The molecule has 46 nitrogen and oxygen atoms in total. The first-order chi connectivity index (χ1) is 65.3. The van der Waals surface area contributed by atoms with Crippen molar-refractivity contribution in [3.63, 3.8) is 0 Å². The normalized spacial score (nSPS) is 11.8. The number of methoxy groups -OCH3 is 3. The van der Waals surface area contributed by atoms with Gasteiger partial charge in [0.1, 0.15) is 12.3 Å². The van der Waals surface area contributed by atoms with Crippen LogP contribution in [0.25, 0.3) is 0 Å². The third-order valence-electron chi connectivity index (χ3n) is 16.5. The molecule has 0 aliphatic heterocycles. The van der Waals surface area contributed by atoms with Crippen LogP contribution in [0, 0.1) is 0 Å². The van der Waals surface area contributed by atoms with Crippen LogP contribution in [0.1, 0.15) is 25.7 Å². The van der Waals surface area contributed by atoms with Gasteiger partial charge in [0.25, 0.3) is 0 Å². The highest BCUT2D eigenvalue weighted by atomic mass is 16.7. The Hall–Kier alpha value is -3.64. The van der Waals surface area contributed by atoms with E-state index >= 15 is 0 Å². The largest absolute Gasteiger partial charge is 0.394 e. The molecule has 0 radical (unpaired) electrons. The lowest BCUT2D eigenvalue weighted by Gasteiger charge is -2.34. The third-order valence-corrected chi connectivity index (χ3v) is 16.5. The molecule has 0 atom stereocenters. The van der Waals surface area contributed by atoms with E-state index in [1.807, 2.05) is 0 Å². The number of aliphatic hydroxyl groups excluding tert-OH is 1. The predicted octanol–water partition coefficient (Wildman–Crippen LogP) is -1.80. The topological polar surface area (TPSA) is 478 Å². The van der Waals surface area contributed by atoms with E-state index in [2.05, 4.69) is 21.3 Å². The zero-order chi connectivity index (χ0) is 95.0. The van der Waals surface area contributed by atoms with Crippen LogP contribution in [0.5, 0.6) is 0 Å². The number of aliphatic hydroxyl groups is 1. The summed E-state index contributed by atoms with van der Waals surface area (Å²) in [6.45, 7) is 26.2. The van der Waals surface area contributed by atoms with Crippen LogP contribution < -0.4 is 21.3 Å². The predicted molar refractivity (Wildman–Crippen MR) is 474 cm³/mol. The summed E-state index contributed by atoms with van der Waals surface area (Å²) >= 11 is 0. The Morgan fingerprint density at radius 1 is 0.174 bits per heavy atom. The summed E-state index contributed by atoms with van der Waals surface area (Å²) < 4.78 is 203. The standard InChI is InChI=1S/C86H170N4O42/c1-96-20-23-103-32-35-108-42-45-113-52-55-118-62-64-122-68-66-120-60-58-116-50-48-111-40-38-106-29-26-100-16-8-87-82(92)4-13-128-78-86(90-85(95)7-12-99-19-11-91,80-130-15-6-84(94)89-10-18-102-28-31-126-74-76-131-81-132-77-75-127-73-72-125-71-70-124-57-54-115-47-44-110-37-34-105-25-22-98-3)79-129-14-5-83(93)88-9-17-101-27-30-107-39-41-112-49-51-117-59-61-121-67-69-123-65-63-119-56-53-114-46-43-109-36-33-104-24-21-97-2/h91H,4-81H2,1-3H3,(H,87,92)(H,88,93)(H,89,94)(H,90,95). The van der Waals surface area contributed by atoms with Gasteiger partial charge in [-0.2, -0.15) is 0 Å². The van der Waals surface area contributed by atoms with Gasteiger partial charge < -0.3 is 202 Å². The Bertz CT molecular complexity index is 2150. The maximum absolute atomic E-state index is 13.5. The van der Waals surface area contributed by atoms with Gasteiger partial charge in [-0.3, -0.25) is 19.2 Å².